The summed E-state index contributed by atoms with van der Waals surface area (Å²) in [6, 6.07) is 9.36. The Labute approximate surface area is 116 Å². The third kappa shape index (κ3) is 2.96. The van der Waals surface area contributed by atoms with E-state index in [0.717, 1.165) is 11.1 Å². The lowest BCUT2D eigenvalue weighted by atomic mass is 9.75. The summed E-state index contributed by atoms with van der Waals surface area (Å²) >= 11 is 0. The lowest BCUT2D eigenvalue weighted by Crippen LogP contribution is -2.37. The van der Waals surface area contributed by atoms with Crippen molar-refractivity contribution in [1.82, 2.24) is 0 Å². The maximum absolute atomic E-state index is 13.3. The molecule has 0 heterocycles. The average Bonchev–Trinajstić information content (AvgIpc) is 2.45. The highest BCUT2D eigenvalue weighted by molar-refractivity contribution is 5.75. The Morgan fingerprint density at radius 2 is 1.85 bits per heavy atom. The van der Waals surface area contributed by atoms with Gasteiger partial charge in [0.2, 0.25) is 0 Å². The zero-order valence-corrected chi connectivity index (χ0v) is 11.0. The molecule has 0 fully saturated rings. The Morgan fingerprint density at radius 1 is 1.15 bits per heavy atom. The first-order valence-corrected chi connectivity index (χ1v) is 6.61. The van der Waals surface area contributed by atoms with E-state index in [2.05, 4.69) is 0 Å². The molecule has 1 aromatic rings. The number of aliphatic hydroxyl groups excluding tert-OH is 1. The Morgan fingerprint density at radius 3 is 2.35 bits per heavy atom. The molecule has 20 heavy (non-hydrogen) atoms. The quantitative estimate of drug-likeness (QED) is 0.870. The van der Waals surface area contributed by atoms with Crippen LogP contribution in [-0.2, 0) is 0 Å². The number of aliphatic hydroxyl groups is 1. The molecule has 0 saturated heterocycles. The van der Waals surface area contributed by atoms with E-state index >= 15 is 0 Å². The smallest absolute Gasteiger partial charge is 0.396 e. The van der Waals surface area contributed by atoms with Crippen molar-refractivity contribution in [1.29, 1.82) is 0 Å². The van der Waals surface area contributed by atoms with Crippen LogP contribution in [0.1, 0.15) is 24.8 Å². The predicted molar refractivity (Wildman–Crippen MR) is 73.0 cm³/mol. The molecule has 0 aromatic heterocycles. The highest BCUT2D eigenvalue weighted by atomic mass is 19.4. The van der Waals surface area contributed by atoms with Crippen LogP contribution in [-0.4, -0.2) is 17.9 Å². The van der Waals surface area contributed by atoms with Crippen molar-refractivity contribution in [2.24, 2.45) is 5.41 Å². The van der Waals surface area contributed by atoms with Crippen LogP contribution in [0.4, 0.5) is 13.2 Å². The Hall–Kier alpha value is -1.55. The number of allylic oxidation sites excluding steroid dienone is 4. The van der Waals surface area contributed by atoms with Crippen LogP contribution in [0.25, 0.3) is 5.57 Å². The number of benzene rings is 1. The molecule has 0 bridgehead atoms. The Bertz CT molecular complexity index is 502. The summed E-state index contributed by atoms with van der Waals surface area (Å²) < 4.78 is 39.9. The van der Waals surface area contributed by atoms with Gasteiger partial charge in [0.15, 0.2) is 0 Å². The van der Waals surface area contributed by atoms with Crippen molar-refractivity contribution in [3.8, 4) is 0 Å². The minimum absolute atomic E-state index is 0.0722. The van der Waals surface area contributed by atoms with Gasteiger partial charge in [-0.25, -0.2) is 0 Å². The molecule has 0 spiro atoms. The Balaban J connectivity index is 2.22. The first kappa shape index (κ1) is 14.9. The van der Waals surface area contributed by atoms with Crippen LogP contribution >= 0.6 is 0 Å². The van der Waals surface area contributed by atoms with E-state index in [4.69, 9.17) is 5.11 Å². The topological polar surface area (TPSA) is 20.2 Å². The van der Waals surface area contributed by atoms with Crippen molar-refractivity contribution in [3.05, 3.63) is 54.1 Å². The summed E-state index contributed by atoms with van der Waals surface area (Å²) in [5.41, 5.74) is -0.107. The van der Waals surface area contributed by atoms with E-state index in [0.29, 0.717) is 0 Å². The van der Waals surface area contributed by atoms with Crippen LogP contribution in [0.2, 0.25) is 0 Å². The van der Waals surface area contributed by atoms with Crippen molar-refractivity contribution in [3.63, 3.8) is 0 Å². The molecule has 1 N–H and O–H groups in total. The molecule has 1 aliphatic carbocycles. The number of hydrogen-bond donors (Lipinski definition) is 1. The van der Waals surface area contributed by atoms with E-state index < -0.39 is 11.6 Å². The van der Waals surface area contributed by atoms with Crippen LogP contribution in [0.15, 0.2) is 48.6 Å². The molecular formula is C16H17F3O. The minimum Gasteiger partial charge on any atom is -0.396 e. The van der Waals surface area contributed by atoms with Crippen molar-refractivity contribution in [2.45, 2.75) is 25.4 Å². The molecule has 0 radical (unpaired) electrons. The minimum atomic E-state index is -4.29. The van der Waals surface area contributed by atoms with Crippen molar-refractivity contribution >= 4 is 5.57 Å². The van der Waals surface area contributed by atoms with Gasteiger partial charge in [0.25, 0.3) is 0 Å². The molecular weight excluding hydrogens is 265 g/mol. The fraction of sp³-hybridized carbons (Fsp3) is 0.375. The SMILES string of the molecule is OCCCC1(C(F)(F)F)C=CC(c2ccccc2)=CC1. The molecule has 0 saturated carbocycles. The largest absolute Gasteiger partial charge is 0.398 e. The second kappa shape index (κ2) is 5.83. The predicted octanol–water partition coefficient (Wildman–Crippen LogP) is 4.35. The van der Waals surface area contributed by atoms with Gasteiger partial charge in [-0.1, -0.05) is 48.6 Å². The summed E-state index contributed by atoms with van der Waals surface area (Å²) in [6.07, 6.45) is 0.143. The van der Waals surface area contributed by atoms with Crippen molar-refractivity contribution < 1.29 is 18.3 Å². The van der Waals surface area contributed by atoms with Gasteiger partial charge in [-0.15, -0.1) is 0 Å². The van der Waals surface area contributed by atoms with Gasteiger partial charge < -0.3 is 5.11 Å². The highest BCUT2D eigenvalue weighted by Gasteiger charge is 2.52. The third-order valence-corrected chi connectivity index (χ3v) is 3.72. The zero-order valence-electron chi connectivity index (χ0n) is 11.0. The first-order chi connectivity index (χ1) is 9.48. The molecule has 1 aromatic carbocycles. The van der Waals surface area contributed by atoms with Gasteiger partial charge in [-0.2, -0.15) is 13.2 Å². The summed E-state index contributed by atoms with van der Waals surface area (Å²) in [7, 11) is 0. The molecule has 108 valence electrons. The summed E-state index contributed by atoms with van der Waals surface area (Å²) in [4.78, 5) is 0. The summed E-state index contributed by atoms with van der Waals surface area (Å²) in [6.45, 7) is -0.221. The molecule has 2 rings (SSSR count). The van der Waals surface area contributed by atoms with Gasteiger partial charge in [-0.05, 0) is 30.4 Å². The maximum Gasteiger partial charge on any atom is 0.398 e. The van der Waals surface area contributed by atoms with Gasteiger partial charge >= 0.3 is 6.18 Å². The zero-order chi connectivity index (χ0) is 14.6. The number of rotatable bonds is 4. The van der Waals surface area contributed by atoms with E-state index in [1.165, 1.54) is 6.08 Å². The average molecular weight is 282 g/mol. The van der Waals surface area contributed by atoms with E-state index in [1.54, 1.807) is 12.2 Å². The van der Waals surface area contributed by atoms with Gasteiger partial charge in [-0.3, -0.25) is 0 Å². The summed E-state index contributed by atoms with van der Waals surface area (Å²) in [5, 5.41) is 8.80. The lowest BCUT2D eigenvalue weighted by Gasteiger charge is -2.34. The van der Waals surface area contributed by atoms with Gasteiger partial charge in [0.05, 0.1) is 5.41 Å². The fourth-order valence-corrected chi connectivity index (χ4v) is 2.45. The third-order valence-electron chi connectivity index (χ3n) is 3.72. The molecule has 0 aliphatic heterocycles. The van der Waals surface area contributed by atoms with Crippen LogP contribution in [0, 0.1) is 5.41 Å². The molecule has 1 atom stereocenters. The lowest BCUT2D eigenvalue weighted by molar-refractivity contribution is -0.208. The van der Waals surface area contributed by atoms with Gasteiger partial charge in [0, 0.05) is 6.61 Å². The molecule has 1 aliphatic rings. The standard InChI is InChI=1S/C16H17F3O/c17-16(18,19)15(9-4-12-20)10-7-14(8-11-15)13-5-2-1-3-6-13/h1-3,5-8,10,20H,4,9,11-12H2. The number of halogens is 3. The van der Waals surface area contributed by atoms with Gasteiger partial charge in [0.1, 0.15) is 0 Å². The monoisotopic (exact) mass is 282 g/mol. The molecule has 1 nitrogen and oxygen atoms in total. The van der Waals surface area contributed by atoms with Crippen LogP contribution in [0.5, 0.6) is 0 Å². The van der Waals surface area contributed by atoms with E-state index in [1.807, 2.05) is 30.3 Å². The molecule has 4 heteroatoms. The van der Waals surface area contributed by atoms with E-state index in [9.17, 15) is 13.2 Å². The molecule has 1 unspecified atom stereocenters. The summed E-state index contributed by atoms with van der Waals surface area (Å²) in [5.74, 6) is 0. The van der Waals surface area contributed by atoms with Crippen LogP contribution in [0.3, 0.4) is 0 Å². The highest BCUT2D eigenvalue weighted by Crippen LogP contribution is 2.49. The second-order valence-electron chi connectivity index (χ2n) is 5.04. The second-order valence-corrected chi connectivity index (χ2v) is 5.04. The number of hydrogen-bond acceptors (Lipinski definition) is 1. The first-order valence-electron chi connectivity index (χ1n) is 6.61. The normalized spacial score (nSPS) is 22.7. The maximum atomic E-state index is 13.3. The Kier molecular flexibility index (Phi) is 4.33. The molecule has 0 amide bonds. The van der Waals surface area contributed by atoms with Crippen molar-refractivity contribution in [2.75, 3.05) is 6.61 Å². The number of alkyl halides is 3. The fourth-order valence-electron chi connectivity index (χ4n) is 2.45. The van der Waals surface area contributed by atoms with E-state index in [-0.39, 0.29) is 25.9 Å². The van der Waals surface area contributed by atoms with Crippen LogP contribution < -0.4 is 0 Å².